The lowest BCUT2D eigenvalue weighted by atomic mass is 9.82. The van der Waals surface area contributed by atoms with Gasteiger partial charge in [-0.15, -0.1) is 0 Å². The summed E-state index contributed by atoms with van der Waals surface area (Å²) in [6, 6.07) is 10.1. The van der Waals surface area contributed by atoms with Crippen LogP contribution >= 0.6 is 0 Å². The summed E-state index contributed by atoms with van der Waals surface area (Å²) < 4.78 is 2.07. The molecule has 0 amide bonds. The Morgan fingerprint density at radius 1 is 1.27 bits per heavy atom. The monoisotopic (exact) mass is 290 g/mol. The highest BCUT2D eigenvalue weighted by molar-refractivity contribution is 6.01. The molecule has 0 spiro atoms. The van der Waals surface area contributed by atoms with E-state index in [1.54, 1.807) is 6.20 Å². The average Bonchev–Trinajstić information content (AvgIpc) is 2.85. The third-order valence-corrected chi connectivity index (χ3v) is 4.78. The van der Waals surface area contributed by atoms with Gasteiger partial charge in [0.25, 0.3) is 0 Å². The molecule has 0 aliphatic heterocycles. The Kier molecular flexibility index (Phi) is 3.07. The number of fused-ring (bicyclic) bond motifs is 3. The summed E-state index contributed by atoms with van der Waals surface area (Å²) in [5, 5.41) is 0. The zero-order valence-electron chi connectivity index (χ0n) is 12.6. The predicted octanol–water partition coefficient (Wildman–Crippen LogP) is 3.63. The van der Waals surface area contributed by atoms with E-state index in [0.717, 1.165) is 36.0 Å². The van der Waals surface area contributed by atoms with Gasteiger partial charge in [-0.2, -0.15) is 0 Å². The van der Waals surface area contributed by atoms with Crippen molar-refractivity contribution >= 4 is 11.3 Å². The summed E-state index contributed by atoms with van der Waals surface area (Å²) in [6.07, 6.45) is 8.34. The SMILES string of the molecule is Cc1c2c(n3ccccc13)C(=O)C(Cc1cccnc1)CC2. The van der Waals surface area contributed by atoms with Crippen LogP contribution in [0.25, 0.3) is 5.52 Å². The van der Waals surface area contributed by atoms with Crippen molar-refractivity contribution in [3.63, 3.8) is 0 Å². The Balaban J connectivity index is 1.75. The highest BCUT2D eigenvalue weighted by Crippen LogP contribution is 2.33. The molecule has 1 aliphatic carbocycles. The van der Waals surface area contributed by atoms with Gasteiger partial charge in [0.05, 0.1) is 5.69 Å². The summed E-state index contributed by atoms with van der Waals surface area (Å²) in [5.74, 6) is 0.341. The first-order chi connectivity index (χ1) is 10.8. The third kappa shape index (κ3) is 1.97. The van der Waals surface area contributed by atoms with Crippen LogP contribution in [0.15, 0.2) is 48.9 Å². The van der Waals surface area contributed by atoms with Crippen LogP contribution in [0.3, 0.4) is 0 Å². The first-order valence-electron chi connectivity index (χ1n) is 7.77. The van der Waals surface area contributed by atoms with Gasteiger partial charge in [-0.25, -0.2) is 0 Å². The molecule has 0 saturated carbocycles. The Hall–Kier alpha value is -2.42. The summed E-state index contributed by atoms with van der Waals surface area (Å²) in [7, 11) is 0. The van der Waals surface area contributed by atoms with Gasteiger partial charge in [-0.1, -0.05) is 12.1 Å². The van der Waals surface area contributed by atoms with Gasteiger partial charge in [-0.05, 0) is 61.1 Å². The molecule has 4 rings (SSSR count). The summed E-state index contributed by atoms with van der Waals surface area (Å²) in [6.45, 7) is 2.13. The van der Waals surface area contributed by atoms with Gasteiger partial charge >= 0.3 is 0 Å². The van der Waals surface area contributed by atoms with E-state index in [2.05, 4.69) is 28.4 Å². The topological polar surface area (TPSA) is 34.4 Å². The van der Waals surface area contributed by atoms with Crippen molar-refractivity contribution in [1.29, 1.82) is 0 Å². The van der Waals surface area contributed by atoms with E-state index >= 15 is 0 Å². The second kappa shape index (κ2) is 5.09. The highest BCUT2D eigenvalue weighted by atomic mass is 16.1. The van der Waals surface area contributed by atoms with E-state index in [0.29, 0.717) is 0 Å². The lowest BCUT2D eigenvalue weighted by molar-refractivity contribution is 0.0895. The molecule has 1 aliphatic rings. The average molecular weight is 290 g/mol. The van der Waals surface area contributed by atoms with Crippen LogP contribution in [-0.2, 0) is 12.8 Å². The maximum atomic E-state index is 13.0. The molecule has 3 aromatic rings. The molecule has 0 fully saturated rings. The van der Waals surface area contributed by atoms with Crippen molar-refractivity contribution < 1.29 is 4.79 Å². The van der Waals surface area contributed by atoms with Crippen LogP contribution in [0.1, 0.15) is 33.6 Å². The molecule has 1 unspecified atom stereocenters. The first-order valence-corrected chi connectivity index (χ1v) is 7.77. The van der Waals surface area contributed by atoms with Crippen LogP contribution < -0.4 is 0 Å². The number of ketones is 1. The number of hydrogen-bond acceptors (Lipinski definition) is 2. The van der Waals surface area contributed by atoms with Crippen LogP contribution in [0.2, 0.25) is 0 Å². The van der Waals surface area contributed by atoms with Crippen molar-refractivity contribution in [2.24, 2.45) is 5.92 Å². The van der Waals surface area contributed by atoms with E-state index in [1.807, 2.05) is 30.6 Å². The van der Waals surface area contributed by atoms with Gasteiger partial charge < -0.3 is 4.40 Å². The maximum absolute atomic E-state index is 13.0. The molecule has 3 heteroatoms. The molecular weight excluding hydrogens is 272 g/mol. The summed E-state index contributed by atoms with van der Waals surface area (Å²) in [5.41, 5.74) is 5.68. The van der Waals surface area contributed by atoms with E-state index in [9.17, 15) is 4.79 Å². The number of nitrogens with zero attached hydrogens (tertiary/aromatic N) is 2. The van der Waals surface area contributed by atoms with Crippen LogP contribution in [0.5, 0.6) is 0 Å². The van der Waals surface area contributed by atoms with Crippen molar-refractivity contribution in [2.45, 2.75) is 26.2 Å². The second-order valence-electron chi connectivity index (χ2n) is 6.07. The number of pyridine rings is 2. The van der Waals surface area contributed by atoms with E-state index in [-0.39, 0.29) is 11.7 Å². The van der Waals surface area contributed by atoms with Crippen LogP contribution in [0.4, 0.5) is 0 Å². The van der Waals surface area contributed by atoms with Crippen molar-refractivity contribution in [3.8, 4) is 0 Å². The van der Waals surface area contributed by atoms with E-state index in [1.165, 1.54) is 11.1 Å². The Morgan fingerprint density at radius 3 is 3.00 bits per heavy atom. The normalized spacial score (nSPS) is 17.7. The molecule has 22 heavy (non-hydrogen) atoms. The predicted molar refractivity (Wildman–Crippen MR) is 86.2 cm³/mol. The lowest BCUT2D eigenvalue weighted by Gasteiger charge is -2.22. The molecule has 3 nitrogen and oxygen atoms in total. The van der Waals surface area contributed by atoms with Gasteiger partial charge in [0.2, 0.25) is 0 Å². The molecule has 0 radical (unpaired) electrons. The number of aryl methyl sites for hydroxylation is 1. The van der Waals surface area contributed by atoms with Gasteiger partial charge in [0, 0.05) is 30.0 Å². The molecule has 0 aromatic carbocycles. The number of Topliss-reactive ketones (excluding diaryl/α,β-unsaturated/α-hetero) is 1. The first kappa shape index (κ1) is 13.3. The fraction of sp³-hybridized carbons (Fsp3) is 0.263. The minimum atomic E-state index is 0.0643. The third-order valence-electron chi connectivity index (χ3n) is 4.78. The van der Waals surface area contributed by atoms with Crippen LogP contribution in [-0.4, -0.2) is 15.2 Å². The Labute approximate surface area is 129 Å². The molecule has 3 heterocycles. The second-order valence-corrected chi connectivity index (χ2v) is 6.07. The lowest BCUT2D eigenvalue weighted by Crippen LogP contribution is -2.25. The van der Waals surface area contributed by atoms with Crippen molar-refractivity contribution in [3.05, 3.63) is 71.3 Å². The summed E-state index contributed by atoms with van der Waals surface area (Å²) in [4.78, 5) is 17.2. The number of rotatable bonds is 2. The zero-order valence-corrected chi connectivity index (χ0v) is 12.6. The largest absolute Gasteiger partial charge is 0.313 e. The van der Waals surface area contributed by atoms with Crippen LogP contribution in [0, 0.1) is 12.8 Å². The standard InChI is InChI=1S/C19H18N2O/c1-13-16-8-7-15(11-14-5-4-9-20-12-14)19(22)18(16)21-10-3-2-6-17(13)21/h2-6,9-10,12,15H,7-8,11H2,1H3. The molecule has 1 atom stereocenters. The molecule has 3 aromatic heterocycles. The Bertz CT molecular complexity index is 849. The van der Waals surface area contributed by atoms with Crippen molar-refractivity contribution in [2.75, 3.05) is 0 Å². The van der Waals surface area contributed by atoms with Gasteiger partial charge in [0.1, 0.15) is 0 Å². The molecule has 0 bridgehead atoms. The summed E-state index contributed by atoms with van der Waals surface area (Å²) >= 11 is 0. The zero-order chi connectivity index (χ0) is 15.1. The molecule has 0 saturated heterocycles. The number of carbonyl (C=O) groups is 1. The molecular formula is C19H18N2O. The minimum Gasteiger partial charge on any atom is -0.313 e. The number of aromatic nitrogens is 2. The molecule has 0 N–H and O–H groups in total. The minimum absolute atomic E-state index is 0.0643. The number of hydrogen-bond donors (Lipinski definition) is 0. The van der Waals surface area contributed by atoms with E-state index < -0.39 is 0 Å². The fourth-order valence-corrected chi connectivity index (χ4v) is 3.64. The maximum Gasteiger partial charge on any atom is 0.183 e. The van der Waals surface area contributed by atoms with E-state index in [4.69, 9.17) is 0 Å². The van der Waals surface area contributed by atoms with Gasteiger partial charge in [0.15, 0.2) is 5.78 Å². The quantitative estimate of drug-likeness (QED) is 0.722. The fourth-order valence-electron chi connectivity index (χ4n) is 3.64. The van der Waals surface area contributed by atoms with Crippen molar-refractivity contribution in [1.82, 2.24) is 9.38 Å². The Morgan fingerprint density at radius 2 is 2.18 bits per heavy atom. The smallest absolute Gasteiger partial charge is 0.183 e. The van der Waals surface area contributed by atoms with Gasteiger partial charge in [-0.3, -0.25) is 9.78 Å². The highest BCUT2D eigenvalue weighted by Gasteiger charge is 2.31. The number of carbonyl (C=O) groups excluding carboxylic acids is 1. The molecule has 110 valence electrons.